The highest BCUT2D eigenvalue weighted by Crippen LogP contribution is 2.33. The Morgan fingerprint density at radius 3 is 2.20 bits per heavy atom. The average Bonchev–Trinajstić information content (AvgIpc) is 2.69. The van der Waals surface area contributed by atoms with Crippen LogP contribution in [0.15, 0.2) is 44.9 Å². The lowest BCUT2D eigenvalue weighted by Gasteiger charge is -2.23. The number of benzene rings is 1. The van der Waals surface area contributed by atoms with Gasteiger partial charge in [-0.15, -0.1) is 10.2 Å². The van der Waals surface area contributed by atoms with E-state index < -0.39 is 0 Å². The topological polar surface area (TPSA) is 49.4 Å². The Kier molecular flexibility index (Phi) is 2.34. The summed E-state index contributed by atoms with van der Waals surface area (Å²) >= 11 is 0. The summed E-state index contributed by atoms with van der Waals surface area (Å²) in [5.74, 6) is 0. The molecule has 0 amide bonds. The molecule has 0 fully saturated rings. The van der Waals surface area contributed by atoms with Gasteiger partial charge in [0.05, 0.1) is 0 Å². The zero-order valence-electron chi connectivity index (χ0n) is 9.18. The van der Waals surface area contributed by atoms with Gasteiger partial charge < -0.3 is 0 Å². The summed E-state index contributed by atoms with van der Waals surface area (Å²) in [6.45, 7) is 6.53. The predicted octanol–water partition coefficient (Wildman–Crippen LogP) is 3.82. The highest BCUT2D eigenvalue weighted by molar-refractivity contribution is 5.35. The van der Waals surface area contributed by atoms with Crippen molar-refractivity contribution >= 4 is 0 Å². The van der Waals surface area contributed by atoms with Crippen molar-refractivity contribution in [1.29, 1.82) is 0 Å². The fraction of sp³-hybridized carbons (Fsp3) is 0.455. The van der Waals surface area contributed by atoms with Crippen molar-refractivity contribution < 1.29 is 0 Å². The molecule has 0 aliphatic carbocycles. The van der Waals surface area contributed by atoms with E-state index in [2.05, 4.69) is 47.5 Å². The molecule has 0 saturated heterocycles. The summed E-state index contributed by atoms with van der Waals surface area (Å²) in [6, 6.07) is 8.18. The SMILES string of the molecule is CC(C)(C)c1ccccc1C1N=NN=N1. The van der Waals surface area contributed by atoms with Crippen molar-refractivity contribution in [2.24, 2.45) is 20.7 Å². The molecule has 0 atom stereocenters. The lowest BCUT2D eigenvalue weighted by atomic mass is 9.83. The highest BCUT2D eigenvalue weighted by Gasteiger charge is 2.23. The highest BCUT2D eigenvalue weighted by atomic mass is 15.6. The molecule has 1 aliphatic heterocycles. The third kappa shape index (κ3) is 1.93. The molecule has 0 unspecified atom stereocenters. The van der Waals surface area contributed by atoms with Crippen molar-refractivity contribution in [2.75, 3.05) is 0 Å². The van der Waals surface area contributed by atoms with Crippen molar-refractivity contribution in [2.45, 2.75) is 32.4 Å². The first-order chi connectivity index (χ1) is 7.09. The van der Waals surface area contributed by atoms with Gasteiger partial charge in [-0.2, -0.15) is 0 Å². The molecule has 2 rings (SSSR count). The zero-order chi connectivity index (χ0) is 10.9. The van der Waals surface area contributed by atoms with E-state index >= 15 is 0 Å². The third-order valence-electron chi connectivity index (χ3n) is 2.41. The molecule has 78 valence electrons. The first kappa shape index (κ1) is 9.96. The van der Waals surface area contributed by atoms with Crippen molar-refractivity contribution in [3.05, 3.63) is 35.4 Å². The summed E-state index contributed by atoms with van der Waals surface area (Å²) in [7, 11) is 0. The molecule has 1 aromatic carbocycles. The van der Waals surface area contributed by atoms with Gasteiger partial charge in [-0.1, -0.05) is 45.0 Å². The van der Waals surface area contributed by atoms with Crippen molar-refractivity contribution in [1.82, 2.24) is 0 Å². The van der Waals surface area contributed by atoms with Gasteiger partial charge in [-0.3, -0.25) is 0 Å². The van der Waals surface area contributed by atoms with Gasteiger partial charge >= 0.3 is 0 Å². The second-order valence-electron chi connectivity index (χ2n) is 4.62. The van der Waals surface area contributed by atoms with Gasteiger partial charge in [-0.25, -0.2) is 0 Å². The second-order valence-corrected chi connectivity index (χ2v) is 4.62. The predicted molar refractivity (Wildman–Crippen MR) is 57.6 cm³/mol. The van der Waals surface area contributed by atoms with Crippen LogP contribution in [0.1, 0.15) is 38.1 Å². The van der Waals surface area contributed by atoms with E-state index in [4.69, 9.17) is 0 Å². The molecule has 0 aromatic heterocycles. The number of nitrogens with zero attached hydrogens (tertiary/aromatic N) is 4. The minimum atomic E-state index is -0.250. The van der Waals surface area contributed by atoms with Crippen LogP contribution in [0, 0.1) is 0 Å². The molecule has 15 heavy (non-hydrogen) atoms. The average molecular weight is 202 g/mol. The molecule has 0 bridgehead atoms. The maximum Gasteiger partial charge on any atom is 0.210 e. The smallest absolute Gasteiger partial charge is 0.133 e. The molecule has 1 aliphatic rings. The maximum absolute atomic E-state index is 3.97. The molecule has 0 N–H and O–H groups in total. The van der Waals surface area contributed by atoms with Crippen LogP contribution in [0.3, 0.4) is 0 Å². The Balaban J connectivity index is 2.47. The summed E-state index contributed by atoms with van der Waals surface area (Å²) in [5.41, 5.74) is 2.43. The van der Waals surface area contributed by atoms with E-state index in [1.807, 2.05) is 18.2 Å². The maximum atomic E-state index is 3.97. The Hall–Kier alpha value is -1.58. The molecular formula is C11H14N4. The molecule has 1 heterocycles. The molecule has 4 heteroatoms. The Morgan fingerprint density at radius 1 is 1.00 bits per heavy atom. The van der Waals surface area contributed by atoms with Crippen molar-refractivity contribution in [3.8, 4) is 0 Å². The normalized spacial score (nSPS) is 16.2. The van der Waals surface area contributed by atoms with Crippen LogP contribution in [0.4, 0.5) is 0 Å². The van der Waals surface area contributed by atoms with Crippen LogP contribution < -0.4 is 0 Å². The van der Waals surface area contributed by atoms with Crippen LogP contribution >= 0.6 is 0 Å². The summed E-state index contributed by atoms with van der Waals surface area (Å²) in [5, 5.41) is 15.0. The van der Waals surface area contributed by atoms with E-state index in [1.54, 1.807) is 0 Å². The Labute approximate surface area is 89.1 Å². The summed E-state index contributed by atoms with van der Waals surface area (Å²) in [6.07, 6.45) is -0.250. The molecule has 0 saturated carbocycles. The molecule has 1 aromatic rings. The Bertz CT molecular complexity index is 403. The van der Waals surface area contributed by atoms with Crippen LogP contribution in [0.25, 0.3) is 0 Å². The Morgan fingerprint density at radius 2 is 1.60 bits per heavy atom. The zero-order valence-corrected chi connectivity index (χ0v) is 9.18. The van der Waals surface area contributed by atoms with Crippen LogP contribution in [0.2, 0.25) is 0 Å². The number of hydrogen-bond donors (Lipinski definition) is 0. The van der Waals surface area contributed by atoms with Gasteiger partial charge in [0.1, 0.15) is 0 Å². The fourth-order valence-corrected chi connectivity index (χ4v) is 1.70. The van der Waals surface area contributed by atoms with Crippen molar-refractivity contribution in [3.63, 3.8) is 0 Å². The van der Waals surface area contributed by atoms with E-state index in [-0.39, 0.29) is 11.6 Å². The van der Waals surface area contributed by atoms with Gasteiger partial charge in [0.2, 0.25) is 6.17 Å². The monoisotopic (exact) mass is 202 g/mol. The lowest BCUT2D eigenvalue weighted by Crippen LogP contribution is -2.14. The fourth-order valence-electron chi connectivity index (χ4n) is 1.70. The first-order valence-electron chi connectivity index (χ1n) is 4.98. The van der Waals surface area contributed by atoms with Crippen LogP contribution in [0.5, 0.6) is 0 Å². The summed E-state index contributed by atoms with van der Waals surface area (Å²) < 4.78 is 0. The number of rotatable bonds is 1. The van der Waals surface area contributed by atoms with Gasteiger partial charge in [0, 0.05) is 5.56 Å². The first-order valence-corrected chi connectivity index (χ1v) is 4.98. The molecule has 4 nitrogen and oxygen atoms in total. The minimum absolute atomic E-state index is 0.0875. The van der Waals surface area contributed by atoms with E-state index in [1.165, 1.54) is 5.56 Å². The quantitative estimate of drug-likeness (QED) is 0.664. The van der Waals surface area contributed by atoms with E-state index in [0.29, 0.717) is 0 Å². The van der Waals surface area contributed by atoms with Gasteiger partial charge in [-0.05, 0) is 21.4 Å². The van der Waals surface area contributed by atoms with Gasteiger partial charge in [0.25, 0.3) is 0 Å². The lowest BCUT2D eigenvalue weighted by molar-refractivity contribution is 0.572. The van der Waals surface area contributed by atoms with Crippen LogP contribution in [-0.4, -0.2) is 0 Å². The van der Waals surface area contributed by atoms with E-state index in [9.17, 15) is 0 Å². The second kappa shape index (κ2) is 3.53. The molecular weight excluding hydrogens is 188 g/mol. The largest absolute Gasteiger partial charge is 0.210 e. The molecule has 0 radical (unpaired) electrons. The number of hydrogen-bond acceptors (Lipinski definition) is 4. The van der Waals surface area contributed by atoms with Crippen LogP contribution in [-0.2, 0) is 5.41 Å². The third-order valence-corrected chi connectivity index (χ3v) is 2.41. The standard InChI is InChI=1S/C11H14N4/c1-11(2,3)9-7-5-4-6-8(9)10-12-14-15-13-10/h4-7,10H,1-3H3. The minimum Gasteiger partial charge on any atom is -0.133 e. The van der Waals surface area contributed by atoms with E-state index in [0.717, 1.165) is 5.56 Å². The molecule has 0 spiro atoms. The van der Waals surface area contributed by atoms with Gasteiger partial charge in [0.15, 0.2) is 0 Å². The summed E-state index contributed by atoms with van der Waals surface area (Å²) in [4.78, 5) is 0.